The number of rotatable bonds is 1. The van der Waals surface area contributed by atoms with E-state index in [-0.39, 0.29) is 12.3 Å². The Bertz CT molecular complexity index is 452. The summed E-state index contributed by atoms with van der Waals surface area (Å²) < 4.78 is 73.6. The molecule has 9 heteroatoms. The Kier molecular flexibility index (Phi) is 3.37. The van der Waals surface area contributed by atoms with Gasteiger partial charge in [0, 0.05) is 6.20 Å². The summed E-state index contributed by atoms with van der Waals surface area (Å²) >= 11 is 4.80. The third kappa shape index (κ3) is 3.09. The van der Waals surface area contributed by atoms with Crippen LogP contribution in [0.15, 0.2) is 12.3 Å². The summed E-state index contributed by atoms with van der Waals surface area (Å²) in [5, 5.41) is -1.58. The van der Waals surface area contributed by atoms with Crippen molar-refractivity contribution in [2.24, 2.45) is 0 Å². The molecule has 0 unspecified atom stereocenters. The van der Waals surface area contributed by atoms with Gasteiger partial charge >= 0.3 is 12.4 Å². The van der Waals surface area contributed by atoms with Gasteiger partial charge in [0.05, 0.1) is 11.1 Å². The van der Waals surface area contributed by atoms with Crippen LogP contribution < -0.4 is 0 Å². The molecule has 94 valence electrons. The second kappa shape index (κ2) is 4.17. The second-order valence-corrected chi connectivity index (χ2v) is 3.23. The van der Waals surface area contributed by atoms with Gasteiger partial charge in [-0.3, -0.25) is 9.78 Å². The number of hydrogen-bond donors (Lipinski definition) is 0. The van der Waals surface area contributed by atoms with Gasteiger partial charge in [0.1, 0.15) is 5.69 Å². The van der Waals surface area contributed by atoms with E-state index in [0.29, 0.717) is 0 Å². The molecule has 1 rings (SSSR count). The first-order valence-corrected chi connectivity index (χ1v) is 4.25. The Labute approximate surface area is 95.2 Å². The lowest BCUT2D eigenvalue weighted by Gasteiger charge is -2.12. The highest BCUT2D eigenvalue weighted by Crippen LogP contribution is 2.36. The van der Waals surface area contributed by atoms with E-state index in [2.05, 4.69) is 4.98 Å². The summed E-state index contributed by atoms with van der Waals surface area (Å²) in [6.07, 6.45) is -10.0. The predicted molar refractivity (Wildman–Crippen MR) is 44.4 cm³/mol. The fraction of sp³-hybridized carbons (Fsp3) is 0.250. The minimum atomic E-state index is -5.14. The number of pyridine rings is 1. The Morgan fingerprint density at radius 3 is 2.00 bits per heavy atom. The quantitative estimate of drug-likeness (QED) is 0.581. The van der Waals surface area contributed by atoms with Crippen molar-refractivity contribution in [1.29, 1.82) is 0 Å². The van der Waals surface area contributed by atoms with Crippen LogP contribution in [0.2, 0.25) is 0 Å². The molecule has 0 spiro atoms. The van der Waals surface area contributed by atoms with Crippen molar-refractivity contribution in [3.8, 4) is 0 Å². The summed E-state index contributed by atoms with van der Waals surface area (Å²) in [7, 11) is 0. The average Bonchev–Trinajstić information content (AvgIpc) is 2.14. The highest BCUT2D eigenvalue weighted by molar-refractivity contribution is 6.67. The van der Waals surface area contributed by atoms with E-state index in [4.69, 9.17) is 11.6 Å². The molecule has 0 aromatic carbocycles. The van der Waals surface area contributed by atoms with Crippen LogP contribution in [0, 0.1) is 0 Å². The zero-order valence-electron chi connectivity index (χ0n) is 7.66. The van der Waals surface area contributed by atoms with E-state index < -0.39 is 34.4 Å². The molecule has 1 aromatic heterocycles. The number of aromatic nitrogens is 1. The van der Waals surface area contributed by atoms with Crippen LogP contribution in [0.3, 0.4) is 0 Å². The third-order valence-corrected chi connectivity index (χ3v) is 1.89. The SMILES string of the molecule is O=C(Cl)c1ncc(C(F)(F)F)cc1C(F)(F)F. The van der Waals surface area contributed by atoms with E-state index in [1.807, 2.05) is 0 Å². The molecule has 0 aliphatic carbocycles. The number of hydrogen-bond acceptors (Lipinski definition) is 2. The first-order chi connectivity index (χ1) is 7.53. The summed E-state index contributed by atoms with van der Waals surface area (Å²) in [6.45, 7) is 0. The highest BCUT2D eigenvalue weighted by atomic mass is 35.5. The van der Waals surface area contributed by atoms with Crippen LogP contribution in [-0.4, -0.2) is 10.2 Å². The van der Waals surface area contributed by atoms with Crippen LogP contribution >= 0.6 is 11.6 Å². The fourth-order valence-electron chi connectivity index (χ4n) is 0.993. The molecule has 17 heavy (non-hydrogen) atoms. The molecule has 0 radical (unpaired) electrons. The molecule has 0 saturated carbocycles. The minimum Gasteiger partial charge on any atom is -0.274 e. The van der Waals surface area contributed by atoms with Gasteiger partial charge in [0.2, 0.25) is 0 Å². The molecule has 0 fully saturated rings. The molecule has 2 nitrogen and oxygen atoms in total. The smallest absolute Gasteiger partial charge is 0.274 e. The summed E-state index contributed by atoms with van der Waals surface area (Å²) in [5.74, 6) is 0. The van der Waals surface area contributed by atoms with Gasteiger partial charge < -0.3 is 0 Å². The third-order valence-electron chi connectivity index (χ3n) is 1.71. The average molecular weight is 278 g/mol. The standard InChI is InChI=1S/C8H2ClF6NO/c9-6(17)5-4(8(13,14)15)1-3(2-16-5)7(10,11)12/h1-2H. The molecular weight excluding hydrogens is 276 g/mol. The zero-order valence-corrected chi connectivity index (χ0v) is 8.41. The topological polar surface area (TPSA) is 30.0 Å². The van der Waals surface area contributed by atoms with Gasteiger partial charge in [-0.05, 0) is 17.7 Å². The maximum absolute atomic E-state index is 12.4. The summed E-state index contributed by atoms with van der Waals surface area (Å²) in [4.78, 5) is 13.4. The van der Waals surface area contributed by atoms with Gasteiger partial charge in [0.25, 0.3) is 5.24 Å². The van der Waals surface area contributed by atoms with Crippen molar-refractivity contribution in [3.05, 3.63) is 29.1 Å². The first-order valence-electron chi connectivity index (χ1n) is 3.87. The zero-order chi connectivity index (χ0) is 13.4. The van der Waals surface area contributed by atoms with Crippen molar-refractivity contribution in [2.75, 3.05) is 0 Å². The molecule has 1 heterocycles. The minimum absolute atomic E-state index is 0.116. The fourth-order valence-corrected chi connectivity index (χ4v) is 1.14. The normalized spacial score (nSPS) is 12.6. The number of carbonyl (C=O) groups is 1. The first kappa shape index (κ1) is 13.8. The largest absolute Gasteiger partial charge is 0.418 e. The lowest BCUT2D eigenvalue weighted by Crippen LogP contribution is -2.16. The van der Waals surface area contributed by atoms with Gasteiger partial charge in [-0.25, -0.2) is 0 Å². The van der Waals surface area contributed by atoms with Crippen LogP contribution in [0.4, 0.5) is 26.3 Å². The number of halogens is 7. The molecule has 0 atom stereocenters. The van der Waals surface area contributed by atoms with Gasteiger partial charge in [-0.2, -0.15) is 26.3 Å². The van der Waals surface area contributed by atoms with Gasteiger partial charge in [-0.15, -0.1) is 0 Å². The van der Waals surface area contributed by atoms with Crippen LogP contribution in [0.25, 0.3) is 0 Å². The van der Waals surface area contributed by atoms with Crippen LogP contribution in [0.1, 0.15) is 21.6 Å². The van der Waals surface area contributed by atoms with Crippen molar-refractivity contribution in [3.63, 3.8) is 0 Å². The lowest BCUT2D eigenvalue weighted by atomic mass is 10.1. The van der Waals surface area contributed by atoms with E-state index in [9.17, 15) is 31.1 Å². The maximum Gasteiger partial charge on any atom is 0.418 e. The molecule has 1 aromatic rings. The number of alkyl halides is 6. The molecule has 0 amide bonds. The van der Waals surface area contributed by atoms with Gasteiger partial charge in [0.15, 0.2) is 0 Å². The molecule has 0 aliphatic heterocycles. The Balaban J connectivity index is 3.46. The predicted octanol–water partition coefficient (Wildman–Crippen LogP) is 3.50. The molecular formula is C8H2ClF6NO. The summed E-state index contributed by atoms with van der Waals surface area (Å²) in [6, 6.07) is -0.206. The van der Waals surface area contributed by atoms with Crippen LogP contribution in [-0.2, 0) is 12.4 Å². The van der Waals surface area contributed by atoms with Gasteiger partial charge in [-0.1, -0.05) is 0 Å². The molecule has 0 aliphatic rings. The molecule has 0 bridgehead atoms. The highest BCUT2D eigenvalue weighted by Gasteiger charge is 2.40. The van der Waals surface area contributed by atoms with Crippen molar-refractivity contribution in [1.82, 2.24) is 4.98 Å². The Morgan fingerprint density at radius 1 is 1.12 bits per heavy atom. The van der Waals surface area contributed by atoms with Crippen molar-refractivity contribution in [2.45, 2.75) is 12.4 Å². The monoisotopic (exact) mass is 277 g/mol. The lowest BCUT2D eigenvalue weighted by molar-refractivity contribution is -0.143. The molecule has 0 N–H and O–H groups in total. The van der Waals surface area contributed by atoms with E-state index in [0.717, 1.165) is 0 Å². The van der Waals surface area contributed by atoms with E-state index in [1.54, 1.807) is 0 Å². The Hall–Kier alpha value is -1.31. The number of carbonyl (C=O) groups excluding carboxylic acids is 1. The Morgan fingerprint density at radius 2 is 1.65 bits per heavy atom. The van der Waals surface area contributed by atoms with E-state index >= 15 is 0 Å². The van der Waals surface area contributed by atoms with E-state index in [1.165, 1.54) is 0 Å². The summed E-state index contributed by atoms with van der Waals surface area (Å²) in [5.41, 5.74) is -4.68. The van der Waals surface area contributed by atoms with Crippen molar-refractivity contribution < 1.29 is 31.1 Å². The maximum atomic E-state index is 12.4. The molecule has 0 saturated heterocycles. The van der Waals surface area contributed by atoms with Crippen LogP contribution in [0.5, 0.6) is 0 Å². The second-order valence-electron chi connectivity index (χ2n) is 2.89. The number of nitrogens with zero attached hydrogens (tertiary/aromatic N) is 1. The van der Waals surface area contributed by atoms with Crippen molar-refractivity contribution >= 4 is 16.8 Å².